The summed E-state index contributed by atoms with van der Waals surface area (Å²) in [6.45, 7) is 2.63. The average Bonchev–Trinajstić information content (AvgIpc) is 2.63. The topological polar surface area (TPSA) is 127 Å². The molecule has 0 saturated heterocycles. The molecule has 0 atom stereocenters. The number of anilines is 1. The molecule has 0 radical (unpaired) electrons. The molecule has 2 rings (SSSR count). The van der Waals surface area contributed by atoms with Crippen LogP contribution in [0.1, 0.15) is 35.3 Å². The molecule has 28 heavy (non-hydrogen) atoms. The third-order valence-electron chi connectivity index (χ3n) is 4.15. The van der Waals surface area contributed by atoms with E-state index in [2.05, 4.69) is 10.6 Å². The molecule has 0 heterocycles. The number of nitrogens with one attached hydrogen (secondary N) is 2. The summed E-state index contributed by atoms with van der Waals surface area (Å²) in [6.07, 6.45) is 0.117. The zero-order chi connectivity index (χ0) is 20.9. The second kappa shape index (κ2) is 8.62. The van der Waals surface area contributed by atoms with Gasteiger partial charge in [-0.25, -0.2) is 4.39 Å². The van der Waals surface area contributed by atoms with E-state index in [0.29, 0.717) is 0 Å². The van der Waals surface area contributed by atoms with E-state index in [0.717, 1.165) is 5.56 Å². The van der Waals surface area contributed by atoms with Crippen LogP contribution in [-0.2, 0) is 22.6 Å². The van der Waals surface area contributed by atoms with Gasteiger partial charge in [0, 0.05) is 17.8 Å². The number of carbonyl (C=O) groups is 3. The molecule has 2 aromatic carbocycles. The molecule has 6 N–H and O–H groups in total. The van der Waals surface area contributed by atoms with E-state index >= 15 is 0 Å². The zero-order valence-electron chi connectivity index (χ0n) is 15.7. The Bertz CT molecular complexity index is 898. The fourth-order valence-electron chi connectivity index (χ4n) is 2.47. The quantitative estimate of drug-likeness (QED) is 0.574. The van der Waals surface area contributed by atoms with Crippen LogP contribution in [0.3, 0.4) is 0 Å². The molecule has 0 saturated carbocycles. The number of carbonyl (C=O) groups excluding carboxylic acids is 3. The van der Waals surface area contributed by atoms with Gasteiger partial charge >= 0.3 is 0 Å². The number of halogens is 1. The lowest BCUT2D eigenvalue weighted by Gasteiger charge is -2.23. The van der Waals surface area contributed by atoms with Gasteiger partial charge in [-0.05, 0) is 31.5 Å². The van der Waals surface area contributed by atoms with E-state index in [9.17, 15) is 18.8 Å². The maximum atomic E-state index is 14.6. The molecular formula is C20H23FN4O3. The molecular weight excluding hydrogens is 363 g/mol. The first kappa shape index (κ1) is 21.0. The van der Waals surface area contributed by atoms with Crippen LogP contribution in [0.2, 0.25) is 0 Å². The van der Waals surface area contributed by atoms with E-state index in [1.54, 1.807) is 12.1 Å². The summed E-state index contributed by atoms with van der Waals surface area (Å²) in [4.78, 5) is 36.2. The van der Waals surface area contributed by atoms with Crippen LogP contribution in [-0.4, -0.2) is 23.3 Å². The monoisotopic (exact) mass is 386 g/mol. The number of rotatable bonds is 7. The van der Waals surface area contributed by atoms with Gasteiger partial charge in [-0.3, -0.25) is 14.4 Å². The molecule has 0 unspecified atom stereocenters. The number of nitrogens with two attached hydrogens (primary N) is 2. The zero-order valence-corrected chi connectivity index (χ0v) is 15.7. The summed E-state index contributed by atoms with van der Waals surface area (Å²) >= 11 is 0. The lowest BCUT2D eigenvalue weighted by molar-refractivity contribution is -0.122. The number of amides is 3. The van der Waals surface area contributed by atoms with E-state index < -0.39 is 23.2 Å². The van der Waals surface area contributed by atoms with Crippen LogP contribution in [0, 0.1) is 5.82 Å². The smallest absolute Gasteiger partial charge is 0.255 e. The largest absolute Gasteiger partial charge is 0.368 e. The van der Waals surface area contributed by atoms with Crippen molar-refractivity contribution in [2.24, 2.45) is 11.5 Å². The van der Waals surface area contributed by atoms with Crippen molar-refractivity contribution in [2.75, 3.05) is 5.32 Å². The van der Waals surface area contributed by atoms with Crippen molar-refractivity contribution >= 4 is 23.4 Å². The lowest BCUT2D eigenvalue weighted by atomic mass is 10.0. The minimum Gasteiger partial charge on any atom is -0.368 e. The predicted octanol–water partition coefficient (Wildman–Crippen LogP) is 1.46. The highest BCUT2D eigenvalue weighted by molar-refractivity contribution is 6.00. The van der Waals surface area contributed by atoms with Gasteiger partial charge in [0.1, 0.15) is 11.4 Å². The Morgan fingerprint density at radius 3 is 2.32 bits per heavy atom. The van der Waals surface area contributed by atoms with E-state index in [1.165, 1.54) is 26.0 Å². The van der Waals surface area contributed by atoms with Crippen LogP contribution in [0.15, 0.2) is 42.5 Å². The summed E-state index contributed by atoms with van der Waals surface area (Å²) in [7, 11) is 0. The molecule has 8 heteroatoms. The van der Waals surface area contributed by atoms with Crippen molar-refractivity contribution in [3.05, 3.63) is 65.0 Å². The molecule has 148 valence electrons. The van der Waals surface area contributed by atoms with Crippen LogP contribution in [0.4, 0.5) is 10.1 Å². The molecule has 0 aliphatic rings. The highest BCUT2D eigenvalue weighted by atomic mass is 19.1. The first-order valence-corrected chi connectivity index (χ1v) is 8.62. The van der Waals surface area contributed by atoms with Gasteiger partial charge in [-0.15, -0.1) is 0 Å². The van der Waals surface area contributed by atoms with Crippen molar-refractivity contribution < 1.29 is 18.8 Å². The maximum Gasteiger partial charge on any atom is 0.255 e. The number of primary amides is 1. The Balaban J connectivity index is 2.26. The number of benzene rings is 2. The molecule has 0 spiro atoms. The fraction of sp³-hybridized carbons (Fsp3) is 0.250. The van der Waals surface area contributed by atoms with E-state index in [4.69, 9.17) is 11.5 Å². The Kier molecular flexibility index (Phi) is 6.48. The molecule has 2 aromatic rings. The highest BCUT2D eigenvalue weighted by Crippen LogP contribution is 2.21. The first-order chi connectivity index (χ1) is 13.1. The van der Waals surface area contributed by atoms with E-state index in [1.807, 2.05) is 18.2 Å². The molecule has 3 amide bonds. The summed E-state index contributed by atoms with van der Waals surface area (Å²) in [5.41, 5.74) is 10.2. The van der Waals surface area contributed by atoms with Gasteiger partial charge in [0.25, 0.3) is 5.91 Å². The Hall–Kier alpha value is -3.26. The molecule has 7 nitrogen and oxygen atoms in total. The van der Waals surface area contributed by atoms with Crippen molar-refractivity contribution in [3.8, 4) is 0 Å². The molecule has 0 bridgehead atoms. The predicted molar refractivity (Wildman–Crippen MR) is 104 cm³/mol. The van der Waals surface area contributed by atoms with Gasteiger partial charge in [0.2, 0.25) is 11.8 Å². The SMILES string of the molecule is CC(C)(NC(=O)c1cc(NC(=O)Cc2ccccc2)cc(CN)c1F)C(N)=O. The average molecular weight is 386 g/mol. The molecule has 0 aliphatic heterocycles. The molecule has 0 aromatic heterocycles. The normalized spacial score (nSPS) is 11.0. The van der Waals surface area contributed by atoms with Gasteiger partial charge in [-0.1, -0.05) is 30.3 Å². The maximum absolute atomic E-state index is 14.6. The summed E-state index contributed by atoms with van der Waals surface area (Å²) in [5, 5.41) is 5.02. The summed E-state index contributed by atoms with van der Waals surface area (Å²) in [5.74, 6) is -2.76. The second-order valence-corrected chi connectivity index (χ2v) is 6.85. The Labute approximate surface area is 162 Å². The molecule has 0 fully saturated rings. The van der Waals surface area contributed by atoms with Crippen molar-refractivity contribution in [1.82, 2.24) is 5.32 Å². The summed E-state index contributed by atoms with van der Waals surface area (Å²) in [6, 6.07) is 11.7. The van der Waals surface area contributed by atoms with E-state index in [-0.39, 0.29) is 35.7 Å². The van der Waals surface area contributed by atoms with Crippen LogP contribution in [0.25, 0.3) is 0 Å². The third kappa shape index (κ3) is 5.14. The Morgan fingerprint density at radius 2 is 1.75 bits per heavy atom. The minimum atomic E-state index is -1.38. The second-order valence-electron chi connectivity index (χ2n) is 6.85. The fourth-order valence-corrected chi connectivity index (χ4v) is 2.47. The standard InChI is InChI=1S/C20H23FN4O3/c1-20(2,19(23)28)25-18(27)15-10-14(9-13(11-22)17(15)21)24-16(26)8-12-6-4-3-5-7-12/h3-7,9-10H,8,11,22H2,1-2H3,(H2,23,28)(H,24,26)(H,25,27). The van der Waals surface area contributed by atoms with Crippen LogP contribution >= 0.6 is 0 Å². The highest BCUT2D eigenvalue weighted by Gasteiger charge is 2.29. The van der Waals surface area contributed by atoms with Crippen molar-refractivity contribution in [2.45, 2.75) is 32.4 Å². The van der Waals surface area contributed by atoms with Gasteiger partial charge in [-0.2, -0.15) is 0 Å². The summed E-state index contributed by atoms with van der Waals surface area (Å²) < 4.78 is 14.6. The van der Waals surface area contributed by atoms with Gasteiger partial charge in [0.05, 0.1) is 12.0 Å². The first-order valence-electron chi connectivity index (χ1n) is 8.62. The molecule has 0 aliphatic carbocycles. The van der Waals surface area contributed by atoms with Gasteiger partial charge in [0.15, 0.2) is 0 Å². The minimum absolute atomic E-state index is 0.0551. The van der Waals surface area contributed by atoms with Crippen molar-refractivity contribution in [3.63, 3.8) is 0 Å². The van der Waals surface area contributed by atoms with Crippen LogP contribution < -0.4 is 22.1 Å². The Morgan fingerprint density at radius 1 is 1.11 bits per heavy atom. The van der Waals surface area contributed by atoms with Gasteiger partial charge < -0.3 is 22.1 Å². The third-order valence-corrected chi connectivity index (χ3v) is 4.15. The van der Waals surface area contributed by atoms with Crippen LogP contribution in [0.5, 0.6) is 0 Å². The number of hydrogen-bond donors (Lipinski definition) is 4. The number of hydrogen-bond acceptors (Lipinski definition) is 4. The lowest BCUT2D eigenvalue weighted by Crippen LogP contribution is -2.53. The van der Waals surface area contributed by atoms with Crippen molar-refractivity contribution in [1.29, 1.82) is 0 Å².